The van der Waals surface area contributed by atoms with E-state index in [4.69, 9.17) is 10.00 Å². The fourth-order valence-corrected chi connectivity index (χ4v) is 5.51. The molecule has 9 heteroatoms. The van der Waals surface area contributed by atoms with Crippen LogP contribution in [0.2, 0.25) is 0 Å². The van der Waals surface area contributed by atoms with E-state index in [1.807, 2.05) is 29.2 Å². The van der Waals surface area contributed by atoms with Gasteiger partial charge in [0.1, 0.15) is 0 Å². The maximum atomic E-state index is 12.8. The van der Waals surface area contributed by atoms with Crippen LogP contribution in [-0.2, 0) is 19.6 Å². The Labute approximate surface area is 200 Å². The molecule has 2 heterocycles. The number of benzene rings is 2. The number of anilines is 1. The predicted octanol–water partition coefficient (Wildman–Crippen LogP) is 2.33. The summed E-state index contributed by atoms with van der Waals surface area (Å²) >= 11 is 0. The van der Waals surface area contributed by atoms with Crippen LogP contribution in [0.4, 0.5) is 5.69 Å². The summed E-state index contributed by atoms with van der Waals surface area (Å²) < 4.78 is 32.1. The van der Waals surface area contributed by atoms with Crippen molar-refractivity contribution < 1.29 is 17.9 Å². The zero-order valence-corrected chi connectivity index (χ0v) is 19.8. The summed E-state index contributed by atoms with van der Waals surface area (Å²) in [5, 5.41) is 8.97. The molecule has 8 nitrogen and oxygen atoms in total. The van der Waals surface area contributed by atoms with Gasteiger partial charge in [-0.15, -0.1) is 0 Å². The number of carbonyl (C=O) groups excluding carboxylic acids is 1. The van der Waals surface area contributed by atoms with Gasteiger partial charge in [0.25, 0.3) is 0 Å². The Morgan fingerprint density at radius 1 is 0.912 bits per heavy atom. The lowest BCUT2D eigenvalue weighted by molar-refractivity contribution is -0.125. The molecule has 178 valence electrons. The van der Waals surface area contributed by atoms with Gasteiger partial charge in [0.05, 0.1) is 29.7 Å². The minimum Gasteiger partial charge on any atom is -0.379 e. The van der Waals surface area contributed by atoms with Gasteiger partial charge in [0.15, 0.2) is 0 Å². The molecule has 4 rings (SSSR count). The van der Waals surface area contributed by atoms with E-state index in [2.05, 4.69) is 11.0 Å². The summed E-state index contributed by atoms with van der Waals surface area (Å²) in [5.74, 6) is -0.0632. The lowest BCUT2D eigenvalue weighted by Crippen LogP contribution is -2.40. The number of sulfonamides is 1. The van der Waals surface area contributed by atoms with E-state index in [0.717, 1.165) is 30.8 Å². The van der Waals surface area contributed by atoms with Crippen molar-refractivity contribution in [3.8, 4) is 6.07 Å². The number of nitriles is 1. The van der Waals surface area contributed by atoms with Crippen LogP contribution in [0.5, 0.6) is 0 Å². The first-order valence-corrected chi connectivity index (χ1v) is 12.8. The van der Waals surface area contributed by atoms with Crippen LogP contribution in [0, 0.1) is 11.3 Å². The van der Waals surface area contributed by atoms with Crippen molar-refractivity contribution >= 4 is 27.7 Å². The third-order valence-electron chi connectivity index (χ3n) is 6.08. The molecule has 2 aliphatic heterocycles. The Morgan fingerprint density at radius 3 is 2.29 bits per heavy atom. The highest BCUT2D eigenvalue weighted by atomic mass is 32.2. The Kier molecular flexibility index (Phi) is 7.63. The fraction of sp³-hybridized carbons (Fsp3) is 0.360. The molecule has 0 aliphatic carbocycles. The van der Waals surface area contributed by atoms with Gasteiger partial charge in [-0.3, -0.25) is 4.79 Å². The van der Waals surface area contributed by atoms with Gasteiger partial charge in [-0.2, -0.15) is 9.57 Å². The normalized spacial score (nSPS) is 18.0. The molecule has 2 fully saturated rings. The molecule has 2 aromatic rings. The molecule has 1 amide bonds. The van der Waals surface area contributed by atoms with E-state index in [1.165, 1.54) is 4.31 Å². The molecule has 2 saturated heterocycles. The molecule has 0 radical (unpaired) electrons. The summed E-state index contributed by atoms with van der Waals surface area (Å²) in [6, 6.07) is 16.2. The van der Waals surface area contributed by atoms with E-state index in [-0.39, 0.29) is 10.8 Å². The standard InChI is InChI=1S/C25H28N4O4S/c26-20-22-2-7-23(8-3-22)27-12-1-13-28(15-14-27)25(30)11-6-21-4-9-24(10-5-21)34(31,32)29-16-18-33-19-17-29/h2-11H,1,12-19H2/b11-6+. The van der Waals surface area contributed by atoms with E-state index < -0.39 is 10.0 Å². The highest BCUT2D eigenvalue weighted by Crippen LogP contribution is 2.19. The Balaban J connectivity index is 1.34. The van der Waals surface area contributed by atoms with Crippen molar-refractivity contribution in [2.75, 3.05) is 57.4 Å². The Bertz CT molecular complexity index is 1160. The largest absolute Gasteiger partial charge is 0.379 e. The highest BCUT2D eigenvalue weighted by Gasteiger charge is 2.26. The molecule has 2 aliphatic rings. The lowest BCUT2D eigenvalue weighted by Gasteiger charge is -2.26. The first-order valence-electron chi connectivity index (χ1n) is 11.4. The summed E-state index contributed by atoms with van der Waals surface area (Å²) in [7, 11) is -3.53. The molecule has 2 aromatic carbocycles. The van der Waals surface area contributed by atoms with Gasteiger partial charge in [-0.05, 0) is 54.5 Å². The average Bonchev–Trinajstić information content (AvgIpc) is 3.15. The maximum Gasteiger partial charge on any atom is 0.246 e. The third kappa shape index (κ3) is 5.65. The Morgan fingerprint density at radius 2 is 1.62 bits per heavy atom. The zero-order valence-electron chi connectivity index (χ0n) is 19.0. The molecule has 0 spiro atoms. The number of ether oxygens (including phenoxy) is 1. The number of hydrogen-bond donors (Lipinski definition) is 0. The predicted molar refractivity (Wildman–Crippen MR) is 130 cm³/mol. The summed E-state index contributed by atoms with van der Waals surface area (Å²) in [5.41, 5.74) is 2.45. The van der Waals surface area contributed by atoms with Gasteiger partial charge < -0.3 is 14.5 Å². The number of amides is 1. The van der Waals surface area contributed by atoms with Gasteiger partial charge in [0.2, 0.25) is 15.9 Å². The minimum atomic E-state index is -3.53. The number of morpholine rings is 1. The molecule has 0 atom stereocenters. The first-order chi connectivity index (χ1) is 16.5. The monoisotopic (exact) mass is 480 g/mol. The van der Waals surface area contributed by atoms with Crippen LogP contribution in [0.25, 0.3) is 6.08 Å². The summed E-state index contributed by atoms with van der Waals surface area (Å²) in [6.07, 6.45) is 4.12. The minimum absolute atomic E-state index is 0.0632. The van der Waals surface area contributed by atoms with Crippen LogP contribution >= 0.6 is 0 Å². The van der Waals surface area contributed by atoms with Gasteiger partial charge in [0, 0.05) is 51.0 Å². The van der Waals surface area contributed by atoms with E-state index in [0.29, 0.717) is 45.0 Å². The number of carbonyl (C=O) groups is 1. The van der Waals surface area contributed by atoms with Gasteiger partial charge in [-0.1, -0.05) is 12.1 Å². The van der Waals surface area contributed by atoms with E-state index >= 15 is 0 Å². The van der Waals surface area contributed by atoms with Crippen LogP contribution in [0.3, 0.4) is 0 Å². The SMILES string of the molecule is N#Cc1ccc(N2CCCN(C(=O)/C=C/c3ccc(S(=O)(=O)N4CCOCC4)cc3)CC2)cc1. The number of hydrogen-bond acceptors (Lipinski definition) is 6. The van der Waals surface area contributed by atoms with Crippen molar-refractivity contribution in [2.45, 2.75) is 11.3 Å². The molecule has 0 bridgehead atoms. The van der Waals surface area contributed by atoms with Crippen molar-refractivity contribution in [1.29, 1.82) is 5.26 Å². The van der Waals surface area contributed by atoms with Crippen molar-refractivity contribution in [1.82, 2.24) is 9.21 Å². The zero-order chi connectivity index (χ0) is 24.0. The molecular formula is C25H28N4O4S. The molecule has 0 N–H and O–H groups in total. The lowest BCUT2D eigenvalue weighted by atomic mass is 10.2. The summed E-state index contributed by atoms with van der Waals surface area (Å²) in [6.45, 7) is 4.38. The molecule has 0 saturated carbocycles. The van der Waals surface area contributed by atoms with Gasteiger partial charge in [-0.25, -0.2) is 8.42 Å². The fourth-order valence-electron chi connectivity index (χ4n) is 4.10. The van der Waals surface area contributed by atoms with Crippen LogP contribution < -0.4 is 4.90 Å². The van der Waals surface area contributed by atoms with Crippen LogP contribution in [-0.4, -0.2) is 76.0 Å². The van der Waals surface area contributed by atoms with Crippen molar-refractivity contribution in [2.24, 2.45) is 0 Å². The van der Waals surface area contributed by atoms with E-state index in [9.17, 15) is 13.2 Å². The quantitative estimate of drug-likeness (QED) is 0.610. The first kappa shape index (κ1) is 24.0. The second-order valence-electron chi connectivity index (χ2n) is 8.24. The smallest absolute Gasteiger partial charge is 0.246 e. The number of rotatable bonds is 5. The average molecular weight is 481 g/mol. The third-order valence-corrected chi connectivity index (χ3v) is 7.99. The molecule has 0 aromatic heterocycles. The highest BCUT2D eigenvalue weighted by molar-refractivity contribution is 7.89. The van der Waals surface area contributed by atoms with Crippen molar-refractivity contribution in [3.63, 3.8) is 0 Å². The second kappa shape index (κ2) is 10.8. The van der Waals surface area contributed by atoms with Crippen LogP contribution in [0.15, 0.2) is 59.5 Å². The Hall–Kier alpha value is -3.19. The van der Waals surface area contributed by atoms with Gasteiger partial charge >= 0.3 is 0 Å². The molecule has 34 heavy (non-hydrogen) atoms. The van der Waals surface area contributed by atoms with Crippen LogP contribution in [0.1, 0.15) is 17.5 Å². The summed E-state index contributed by atoms with van der Waals surface area (Å²) in [4.78, 5) is 17.1. The number of nitrogens with zero attached hydrogens (tertiary/aromatic N) is 4. The topological polar surface area (TPSA) is 93.9 Å². The van der Waals surface area contributed by atoms with Crippen molar-refractivity contribution in [3.05, 3.63) is 65.7 Å². The second-order valence-corrected chi connectivity index (χ2v) is 10.2. The molecule has 0 unspecified atom stereocenters. The maximum absolute atomic E-state index is 12.8. The van der Waals surface area contributed by atoms with E-state index in [1.54, 1.807) is 36.4 Å². The molecular weight excluding hydrogens is 452 g/mol.